The molecule has 0 aliphatic rings. The van der Waals surface area contributed by atoms with Crippen LogP contribution in [0.3, 0.4) is 0 Å². The van der Waals surface area contributed by atoms with Crippen LogP contribution in [0.4, 0.5) is 0 Å². The fourth-order valence-electron chi connectivity index (χ4n) is 1.21. The van der Waals surface area contributed by atoms with Gasteiger partial charge in [0.1, 0.15) is 0 Å². The fourth-order valence-corrected chi connectivity index (χ4v) is 1.21. The molecule has 0 saturated carbocycles. The third-order valence-electron chi connectivity index (χ3n) is 1.94. The van der Waals surface area contributed by atoms with Gasteiger partial charge in [0.25, 0.3) is 0 Å². The van der Waals surface area contributed by atoms with Crippen molar-refractivity contribution < 1.29 is 14.4 Å². The van der Waals surface area contributed by atoms with Crippen molar-refractivity contribution >= 4 is 24.9 Å². The summed E-state index contributed by atoms with van der Waals surface area (Å²) in [4.78, 5) is 31.9. The molecule has 0 aliphatic heterocycles. The zero-order valence-electron chi connectivity index (χ0n) is 7.40. The highest BCUT2D eigenvalue weighted by Crippen LogP contribution is 2.16. The number of aldehydes is 3. The molecule has 1 aromatic rings. The predicted molar refractivity (Wildman–Crippen MR) is 52.7 cm³/mol. The Balaban J connectivity index is 3.58. The van der Waals surface area contributed by atoms with Gasteiger partial charge in [-0.2, -0.15) is 0 Å². The molecule has 1 rings (SSSR count). The minimum atomic E-state index is 0.118. The van der Waals surface area contributed by atoms with E-state index in [0.717, 1.165) is 0 Å². The first-order valence-corrected chi connectivity index (χ1v) is 3.93. The van der Waals surface area contributed by atoms with Crippen LogP contribution in [0.5, 0.6) is 0 Å². The second kappa shape index (κ2) is 4.28. The van der Waals surface area contributed by atoms with Gasteiger partial charge < -0.3 is 0 Å². The van der Waals surface area contributed by atoms with E-state index in [4.69, 9.17) is 0 Å². The van der Waals surface area contributed by atoms with Crippen molar-refractivity contribution in [2.45, 2.75) is 0 Å². The van der Waals surface area contributed by atoms with Crippen LogP contribution in [-0.2, 0) is 0 Å². The van der Waals surface area contributed by atoms with Crippen molar-refractivity contribution in [2.75, 3.05) is 0 Å². The predicted octanol–water partition coefficient (Wildman–Crippen LogP) is 1.77. The van der Waals surface area contributed by atoms with Gasteiger partial charge in [-0.3, -0.25) is 14.4 Å². The molecule has 14 heavy (non-hydrogen) atoms. The number of benzene rings is 1. The van der Waals surface area contributed by atoms with E-state index in [2.05, 4.69) is 6.58 Å². The van der Waals surface area contributed by atoms with Crippen molar-refractivity contribution in [3.05, 3.63) is 41.0 Å². The summed E-state index contributed by atoms with van der Waals surface area (Å²) in [5.41, 5.74) is 1.09. The monoisotopic (exact) mass is 188 g/mol. The lowest BCUT2D eigenvalue weighted by atomic mass is 9.98. The van der Waals surface area contributed by atoms with E-state index < -0.39 is 0 Å². The van der Waals surface area contributed by atoms with Crippen LogP contribution in [-0.4, -0.2) is 18.9 Å². The molecule has 0 heterocycles. The summed E-state index contributed by atoms with van der Waals surface area (Å²) in [6.45, 7) is 3.51. The van der Waals surface area contributed by atoms with Gasteiger partial charge in [-0.05, 0) is 5.56 Å². The van der Waals surface area contributed by atoms with Gasteiger partial charge in [0, 0.05) is 16.7 Å². The zero-order valence-corrected chi connectivity index (χ0v) is 7.40. The Morgan fingerprint density at radius 2 is 1.36 bits per heavy atom. The Kier molecular flexibility index (Phi) is 3.07. The van der Waals surface area contributed by atoms with Crippen LogP contribution in [0, 0.1) is 0 Å². The van der Waals surface area contributed by atoms with Crippen LogP contribution in [0.25, 0.3) is 6.08 Å². The Hall–Kier alpha value is -2.03. The highest BCUT2D eigenvalue weighted by Gasteiger charge is 2.09. The zero-order chi connectivity index (χ0) is 10.6. The maximum Gasteiger partial charge on any atom is 0.151 e. The number of carbonyl (C=O) groups is 3. The minimum absolute atomic E-state index is 0.118. The van der Waals surface area contributed by atoms with E-state index in [1.807, 2.05) is 0 Å². The average molecular weight is 188 g/mol. The summed E-state index contributed by atoms with van der Waals surface area (Å²) >= 11 is 0. The van der Waals surface area contributed by atoms with Crippen LogP contribution in [0.2, 0.25) is 0 Å². The normalized spacial score (nSPS) is 9.14. The lowest BCUT2D eigenvalue weighted by Gasteiger charge is -2.04. The number of carbonyl (C=O) groups excluding carboxylic acids is 3. The average Bonchev–Trinajstić information content (AvgIpc) is 2.26. The molecule has 0 fully saturated rings. The van der Waals surface area contributed by atoms with Gasteiger partial charge in [0.2, 0.25) is 0 Å². The number of rotatable bonds is 4. The smallest absolute Gasteiger partial charge is 0.151 e. The molecule has 1 aromatic carbocycles. The Morgan fingerprint density at radius 3 is 1.79 bits per heavy atom. The van der Waals surface area contributed by atoms with E-state index in [0.29, 0.717) is 24.4 Å². The largest absolute Gasteiger partial charge is 0.298 e. The van der Waals surface area contributed by atoms with Crippen molar-refractivity contribution in [3.8, 4) is 0 Å². The molecule has 70 valence electrons. The minimum Gasteiger partial charge on any atom is -0.298 e. The summed E-state index contributed by atoms with van der Waals surface area (Å²) < 4.78 is 0. The maximum absolute atomic E-state index is 10.7. The molecule has 0 unspecified atom stereocenters. The van der Waals surface area contributed by atoms with E-state index in [-0.39, 0.29) is 16.7 Å². The van der Waals surface area contributed by atoms with Gasteiger partial charge in [0.15, 0.2) is 18.9 Å². The van der Waals surface area contributed by atoms with Gasteiger partial charge >= 0.3 is 0 Å². The summed E-state index contributed by atoms with van der Waals surface area (Å²) in [7, 11) is 0. The molecule has 0 amide bonds. The number of hydrogen-bond acceptors (Lipinski definition) is 3. The molecular formula is C11H8O3. The molecule has 0 spiro atoms. The van der Waals surface area contributed by atoms with Gasteiger partial charge in [-0.1, -0.05) is 24.8 Å². The fraction of sp³-hybridized carbons (Fsp3) is 0. The second-order valence-corrected chi connectivity index (χ2v) is 2.63. The molecule has 3 heteroatoms. The van der Waals surface area contributed by atoms with Crippen LogP contribution >= 0.6 is 0 Å². The third kappa shape index (κ3) is 1.52. The van der Waals surface area contributed by atoms with Crippen molar-refractivity contribution in [3.63, 3.8) is 0 Å². The molecule has 0 bridgehead atoms. The first kappa shape index (κ1) is 10.1. The SMILES string of the molecule is C=Cc1ccc(C=O)c(C=O)c1C=O. The molecule has 0 atom stereocenters. The summed E-state index contributed by atoms with van der Waals surface area (Å²) in [6.07, 6.45) is 3.06. The first-order chi connectivity index (χ1) is 6.78. The standard InChI is InChI=1S/C11H8O3/c1-2-8-3-4-9(5-12)11(7-14)10(8)6-13/h2-7H,1H2. The van der Waals surface area contributed by atoms with Gasteiger partial charge in [0.05, 0.1) is 0 Å². The number of hydrogen-bond donors (Lipinski definition) is 0. The van der Waals surface area contributed by atoms with Crippen LogP contribution < -0.4 is 0 Å². The van der Waals surface area contributed by atoms with E-state index >= 15 is 0 Å². The highest BCUT2D eigenvalue weighted by atomic mass is 16.1. The van der Waals surface area contributed by atoms with Crippen LogP contribution in [0.1, 0.15) is 36.6 Å². The quantitative estimate of drug-likeness (QED) is 0.676. The van der Waals surface area contributed by atoms with Gasteiger partial charge in [-0.15, -0.1) is 0 Å². The van der Waals surface area contributed by atoms with Crippen molar-refractivity contribution in [2.24, 2.45) is 0 Å². The molecule has 0 aromatic heterocycles. The van der Waals surface area contributed by atoms with E-state index in [1.165, 1.54) is 12.1 Å². The van der Waals surface area contributed by atoms with E-state index in [1.54, 1.807) is 6.07 Å². The third-order valence-corrected chi connectivity index (χ3v) is 1.94. The first-order valence-electron chi connectivity index (χ1n) is 3.93. The summed E-state index contributed by atoms with van der Waals surface area (Å²) in [5, 5.41) is 0. The molecule has 0 saturated heterocycles. The lowest BCUT2D eigenvalue weighted by molar-refractivity contribution is 0.108. The highest BCUT2D eigenvalue weighted by molar-refractivity contribution is 6.00. The molecule has 0 N–H and O–H groups in total. The maximum atomic E-state index is 10.7. The van der Waals surface area contributed by atoms with Gasteiger partial charge in [-0.25, -0.2) is 0 Å². The Labute approximate surface area is 81.1 Å². The molecule has 0 radical (unpaired) electrons. The van der Waals surface area contributed by atoms with Crippen molar-refractivity contribution in [1.82, 2.24) is 0 Å². The molecular weight excluding hydrogens is 180 g/mol. The van der Waals surface area contributed by atoms with Crippen molar-refractivity contribution in [1.29, 1.82) is 0 Å². The van der Waals surface area contributed by atoms with Crippen LogP contribution in [0.15, 0.2) is 18.7 Å². The Bertz CT molecular complexity index is 366. The molecule has 3 nitrogen and oxygen atoms in total. The summed E-state index contributed by atoms with van der Waals surface area (Å²) in [5.74, 6) is 0. The topological polar surface area (TPSA) is 51.2 Å². The molecule has 0 aliphatic carbocycles. The second-order valence-electron chi connectivity index (χ2n) is 2.63. The summed E-state index contributed by atoms with van der Waals surface area (Å²) in [6, 6.07) is 3.06. The lowest BCUT2D eigenvalue weighted by Crippen LogP contribution is -1.99. The van der Waals surface area contributed by atoms with E-state index in [9.17, 15) is 14.4 Å². The Morgan fingerprint density at radius 1 is 0.857 bits per heavy atom.